The maximum atomic E-state index is 3.67. The molecule has 1 atom stereocenters. The summed E-state index contributed by atoms with van der Waals surface area (Å²) in [6.07, 6.45) is 7.57. The van der Waals surface area contributed by atoms with Crippen molar-refractivity contribution in [2.24, 2.45) is 11.8 Å². The van der Waals surface area contributed by atoms with E-state index in [0.29, 0.717) is 5.92 Å². The van der Waals surface area contributed by atoms with E-state index in [4.69, 9.17) is 0 Å². The third-order valence-electron chi connectivity index (χ3n) is 4.01. The minimum Gasteiger partial charge on any atom is -0.388 e. The molecule has 1 nitrogen and oxygen atoms in total. The van der Waals surface area contributed by atoms with Gasteiger partial charge in [0.05, 0.1) is 0 Å². The van der Waals surface area contributed by atoms with Crippen LogP contribution in [-0.4, -0.2) is 6.54 Å². The van der Waals surface area contributed by atoms with Crippen molar-refractivity contribution in [2.45, 2.75) is 60.3 Å². The molecule has 0 spiro atoms. The molecule has 0 aliphatic heterocycles. The van der Waals surface area contributed by atoms with Crippen LogP contribution < -0.4 is 5.32 Å². The first-order valence-corrected chi connectivity index (χ1v) is 7.20. The lowest BCUT2D eigenvalue weighted by Crippen LogP contribution is -2.21. The Balaban J connectivity index is 2.68. The third kappa shape index (κ3) is 4.97. The smallest absolute Gasteiger partial charge is 0.0172 e. The molecule has 1 fully saturated rings. The van der Waals surface area contributed by atoms with Crippen LogP contribution in [0, 0.1) is 11.8 Å². The van der Waals surface area contributed by atoms with Gasteiger partial charge in [0, 0.05) is 12.2 Å². The van der Waals surface area contributed by atoms with E-state index in [2.05, 4.69) is 46.0 Å². The first-order chi connectivity index (χ1) is 8.08. The average molecular weight is 235 g/mol. The van der Waals surface area contributed by atoms with Gasteiger partial charge in [-0.15, -0.1) is 0 Å². The standard InChI is InChI=1S/C16H29N/c1-6-12(3)14(5)10-16(13(4)7-2)17-11-15-8-9-15/h10,13,15,17H,6-9,11H2,1-5H3/b14-12-,16-10+/t13-/m1/s1. The van der Waals surface area contributed by atoms with Gasteiger partial charge in [-0.2, -0.15) is 0 Å². The summed E-state index contributed by atoms with van der Waals surface area (Å²) in [5.41, 5.74) is 4.37. The molecule has 1 saturated carbocycles. The van der Waals surface area contributed by atoms with Crippen LogP contribution in [0.25, 0.3) is 0 Å². The lowest BCUT2D eigenvalue weighted by Gasteiger charge is -2.17. The SMILES string of the molecule is CC/C(C)=C(C)\C=C(\NCC1CC1)[C@H](C)CC. The monoisotopic (exact) mass is 235 g/mol. The van der Waals surface area contributed by atoms with Crippen LogP contribution in [0.2, 0.25) is 0 Å². The van der Waals surface area contributed by atoms with Gasteiger partial charge in [-0.3, -0.25) is 0 Å². The Morgan fingerprint density at radius 2 is 1.94 bits per heavy atom. The van der Waals surface area contributed by atoms with Crippen molar-refractivity contribution in [1.82, 2.24) is 5.32 Å². The highest BCUT2D eigenvalue weighted by molar-refractivity contribution is 5.26. The van der Waals surface area contributed by atoms with Gasteiger partial charge in [0.25, 0.3) is 0 Å². The van der Waals surface area contributed by atoms with Gasteiger partial charge in [-0.05, 0) is 57.4 Å². The molecule has 98 valence electrons. The summed E-state index contributed by atoms with van der Waals surface area (Å²) in [5, 5.41) is 3.67. The zero-order chi connectivity index (χ0) is 12.8. The van der Waals surface area contributed by atoms with Gasteiger partial charge in [-0.1, -0.05) is 31.9 Å². The highest BCUT2D eigenvalue weighted by Gasteiger charge is 2.21. The fourth-order valence-corrected chi connectivity index (χ4v) is 1.81. The minimum absolute atomic E-state index is 0.647. The topological polar surface area (TPSA) is 12.0 Å². The Morgan fingerprint density at radius 3 is 2.41 bits per heavy atom. The highest BCUT2D eigenvalue weighted by atomic mass is 14.9. The van der Waals surface area contributed by atoms with Crippen LogP contribution in [0.5, 0.6) is 0 Å². The van der Waals surface area contributed by atoms with Gasteiger partial charge < -0.3 is 5.32 Å². The van der Waals surface area contributed by atoms with Crippen molar-refractivity contribution in [2.75, 3.05) is 6.54 Å². The molecule has 0 bridgehead atoms. The zero-order valence-electron chi connectivity index (χ0n) is 12.3. The van der Waals surface area contributed by atoms with Crippen LogP contribution in [0.15, 0.2) is 22.9 Å². The Bertz CT molecular complexity index is 295. The van der Waals surface area contributed by atoms with Crippen molar-refractivity contribution >= 4 is 0 Å². The highest BCUT2D eigenvalue weighted by Crippen LogP contribution is 2.28. The van der Waals surface area contributed by atoms with Crippen LogP contribution in [0.4, 0.5) is 0 Å². The average Bonchev–Trinajstić information content (AvgIpc) is 3.15. The molecule has 0 heterocycles. The fourth-order valence-electron chi connectivity index (χ4n) is 1.81. The van der Waals surface area contributed by atoms with E-state index < -0.39 is 0 Å². The third-order valence-corrected chi connectivity index (χ3v) is 4.01. The molecule has 0 aromatic rings. The van der Waals surface area contributed by atoms with Gasteiger partial charge in [-0.25, -0.2) is 0 Å². The summed E-state index contributed by atoms with van der Waals surface area (Å²) >= 11 is 0. The van der Waals surface area contributed by atoms with E-state index in [1.165, 1.54) is 42.7 Å². The number of allylic oxidation sites excluding steroid dienone is 4. The molecule has 1 heteroatoms. The summed E-state index contributed by atoms with van der Waals surface area (Å²) in [7, 11) is 0. The quantitative estimate of drug-likeness (QED) is 0.633. The zero-order valence-corrected chi connectivity index (χ0v) is 12.3. The largest absolute Gasteiger partial charge is 0.388 e. The maximum absolute atomic E-state index is 3.67. The van der Waals surface area contributed by atoms with E-state index >= 15 is 0 Å². The Labute approximate surface area is 107 Å². The maximum Gasteiger partial charge on any atom is 0.0172 e. The molecule has 0 unspecified atom stereocenters. The van der Waals surface area contributed by atoms with Crippen LogP contribution in [-0.2, 0) is 0 Å². The number of hydrogen-bond donors (Lipinski definition) is 1. The molecule has 1 aliphatic carbocycles. The van der Waals surface area contributed by atoms with Gasteiger partial charge >= 0.3 is 0 Å². The van der Waals surface area contributed by atoms with Crippen LogP contribution in [0.3, 0.4) is 0 Å². The second-order valence-corrected chi connectivity index (χ2v) is 5.55. The second kappa shape index (κ2) is 6.88. The summed E-state index contributed by atoms with van der Waals surface area (Å²) in [5.74, 6) is 1.59. The predicted octanol–water partition coefficient (Wildman–Crippen LogP) is 4.66. The molecule has 0 aromatic heterocycles. The van der Waals surface area contributed by atoms with Crippen molar-refractivity contribution in [3.05, 3.63) is 22.9 Å². The summed E-state index contributed by atoms with van der Waals surface area (Å²) < 4.78 is 0. The molecule has 0 amide bonds. The molecule has 17 heavy (non-hydrogen) atoms. The van der Waals surface area contributed by atoms with E-state index in [9.17, 15) is 0 Å². The van der Waals surface area contributed by atoms with Crippen LogP contribution in [0.1, 0.15) is 60.3 Å². The summed E-state index contributed by atoms with van der Waals surface area (Å²) in [4.78, 5) is 0. The molecular weight excluding hydrogens is 206 g/mol. The predicted molar refractivity (Wildman–Crippen MR) is 76.9 cm³/mol. The molecule has 0 aromatic carbocycles. The lowest BCUT2D eigenvalue weighted by molar-refractivity contribution is 0.572. The molecule has 1 N–H and O–H groups in total. The number of nitrogens with one attached hydrogen (secondary N) is 1. The van der Waals surface area contributed by atoms with Gasteiger partial charge in [0.2, 0.25) is 0 Å². The fraction of sp³-hybridized carbons (Fsp3) is 0.750. The Hall–Kier alpha value is -0.720. The second-order valence-electron chi connectivity index (χ2n) is 5.55. The minimum atomic E-state index is 0.647. The van der Waals surface area contributed by atoms with Crippen molar-refractivity contribution in [1.29, 1.82) is 0 Å². The number of rotatable bonds is 7. The lowest BCUT2D eigenvalue weighted by atomic mass is 10.00. The van der Waals surface area contributed by atoms with Crippen molar-refractivity contribution in [3.8, 4) is 0 Å². The first kappa shape index (κ1) is 14.3. The van der Waals surface area contributed by atoms with Gasteiger partial charge in [0.1, 0.15) is 0 Å². The van der Waals surface area contributed by atoms with Crippen molar-refractivity contribution < 1.29 is 0 Å². The van der Waals surface area contributed by atoms with Gasteiger partial charge in [0.15, 0.2) is 0 Å². The van der Waals surface area contributed by atoms with Crippen LogP contribution >= 0.6 is 0 Å². The Morgan fingerprint density at radius 1 is 1.29 bits per heavy atom. The molecule has 0 saturated heterocycles. The summed E-state index contributed by atoms with van der Waals surface area (Å²) in [6.45, 7) is 12.5. The molecule has 1 rings (SSSR count). The van der Waals surface area contributed by atoms with E-state index in [0.717, 1.165) is 12.3 Å². The normalized spacial score (nSPS) is 19.9. The van der Waals surface area contributed by atoms with E-state index in [-0.39, 0.29) is 0 Å². The molecular formula is C16H29N. The van der Waals surface area contributed by atoms with E-state index in [1.807, 2.05) is 0 Å². The summed E-state index contributed by atoms with van der Waals surface area (Å²) in [6, 6.07) is 0. The molecule has 1 aliphatic rings. The molecule has 0 radical (unpaired) electrons. The Kier molecular flexibility index (Phi) is 5.80. The first-order valence-electron chi connectivity index (χ1n) is 7.20. The van der Waals surface area contributed by atoms with E-state index in [1.54, 1.807) is 0 Å². The number of hydrogen-bond acceptors (Lipinski definition) is 1. The van der Waals surface area contributed by atoms with Crippen molar-refractivity contribution in [3.63, 3.8) is 0 Å².